The first kappa shape index (κ1) is 23.7. The third kappa shape index (κ3) is 4.17. The van der Waals surface area contributed by atoms with E-state index in [0.29, 0.717) is 35.5 Å². The van der Waals surface area contributed by atoms with Gasteiger partial charge in [0.25, 0.3) is 5.56 Å². The molecule has 3 aromatic rings. The molecule has 5 rings (SSSR count). The Morgan fingerprint density at radius 2 is 2.17 bits per heavy atom. The number of ether oxygens (including phenoxy) is 1. The van der Waals surface area contributed by atoms with E-state index < -0.39 is 0 Å². The predicted octanol–water partition coefficient (Wildman–Crippen LogP) is 5.11. The van der Waals surface area contributed by atoms with Crippen LogP contribution in [0.3, 0.4) is 0 Å². The lowest BCUT2D eigenvalue weighted by molar-refractivity contribution is 0.244. The van der Waals surface area contributed by atoms with Gasteiger partial charge < -0.3 is 19.5 Å². The number of halogens is 1. The maximum absolute atomic E-state index is 13.0. The number of nitriles is 1. The fourth-order valence-electron chi connectivity index (χ4n) is 5.28. The summed E-state index contributed by atoms with van der Waals surface area (Å²) in [6.45, 7) is 5.57. The van der Waals surface area contributed by atoms with E-state index in [9.17, 15) is 10.1 Å². The molecule has 0 radical (unpaired) electrons. The number of nitrogens with one attached hydrogen (secondary N) is 1. The van der Waals surface area contributed by atoms with Crippen LogP contribution in [-0.2, 0) is 7.05 Å². The Kier molecular flexibility index (Phi) is 6.02. The second-order valence-corrected chi connectivity index (χ2v) is 11.2. The molecule has 1 aliphatic carbocycles. The molecule has 1 saturated heterocycles. The average molecular weight is 510 g/mol. The van der Waals surface area contributed by atoms with Crippen LogP contribution in [-0.4, -0.2) is 35.3 Å². The van der Waals surface area contributed by atoms with Crippen LogP contribution in [0.15, 0.2) is 35.1 Å². The number of rotatable bonds is 6. The topological polar surface area (TPSA) is 83.2 Å². The number of hydrogen-bond acceptors (Lipinski definition) is 7. The highest BCUT2D eigenvalue weighted by Crippen LogP contribution is 2.44. The Morgan fingerprint density at radius 1 is 1.40 bits per heavy atom. The lowest BCUT2D eigenvalue weighted by atomic mass is 9.74. The van der Waals surface area contributed by atoms with Crippen molar-refractivity contribution in [2.24, 2.45) is 18.9 Å². The van der Waals surface area contributed by atoms with E-state index >= 15 is 0 Å². The highest BCUT2D eigenvalue weighted by Gasteiger charge is 2.44. The van der Waals surface area contributed by atoms with Crippen molar-refractivity contribution in [3.63, 3.8) is 0 Å². The minimum Gasteiger partial charge on any atom is -0.495 e. The van der Waals surface area contributed by atoms with Gasteiger partial charge in [0, 0.05) is 36.8 Å². The second kappa shape index (κ2) is 8.89. The smallest absolute Gasteiger partial charge is 0.271 e. The van der Waals surface area contributed by atoms with Gasteiger partial charge in [-0.1, -0.05) is 30.7 Å². The summed E-state index contributed by atoms with van der Waals surface area (Å²) < 4.78 is 7.16. The Hall–Kier alpha value is -3.02. The van der Waals surface area contributed by atoms with E-state index in [1.807, 2.05) is 25.1 Å². The van der Waals surface area contributed by atoms with Gasteiger partial charge in [0.15, 0.2) is 0 Å². The molecule has 2 aliphatic rings. The summed E-state index contributed by atoms with van der Waals surface area (Å²) in [5.74, 6) is 1.40. The number of methoxy groups -OCH3 is 1. The molecule has 2 atom stereocenters. The molecular formula is C26H28ClN5O2S. The molecule has 0 spiro atoms. The second-order valence-electron chi connectivity index (χ2n) is 9.56. The first-order chi connectivity index (χ1) is 16.8. The zero-order chi connectivity index (χ0) is 24.9. The van der Waals surface area contributed by atoms with E-state index in [1.54, 1.807) is 18.7 Å². The van der Waals surface area contributed by atoms with Crippen LogP contribution in [0.25, 0.3) is 10.3 Å². The van der Waals surface area contributed by atoms with Gasteiger partial charge in [0.2, 0.25) is 0 Å². The van der Waals surface area contributed by atoms with Crippen LogP contribution in [0.1, 0.15) is 30.3 Å². The number of aryl methyl sites for hydroxylation is 2. The van der Waals surface area contributed by atoms with Gasteiger partial charge in [0.05, 0.1) is 23.5 Å². The Balaban J connectivity index is 1.52. The number of pyridine rings is 1. The third-order valence-electron chi connectivity index (χ3n) is 7.31. The number of fused-ring (bicyclic) bond motifs is 1. The van der Waals surface area contributed by atoms with Crippen LogP contribution < -0.4 is 20.5 Å². The first-order valence-electron chi connectivity index (χ1n) is 11.7. The molecule has 3 heterocycles. The summed E-state index contributed by atoms with van der Waals surface area (Å²) in [5.41, 5.74) is 2.04. The lowest BCUT2D eigenvalue weighted by Crippen LogP contribution is -2.56. The molecule has 0 saturated carbocycles. The minimum atomic E-state index is -0.269. The molecule has 1 aliphatic heterocycles. The molecule has 0 amide bonds. The number of hydrogen-bond donors (Lipinski definition) is 1. The van der Waals surface area contributed by atoms with E-state index in [1.165, 1.54) is 11.3 Å². The highest BCUT2D eigenvalue weighted by atomic mass is 35.5. The normalized spacial score (nSPS) is 21.8. The van der Waals surface area contributed by atoms with Crippen molar-refractivity contribution >= 4 is 44.7 Å². The average Bonchev–Trinajstić information content (AvgIpc) is 3.56. The fourth-order valence-corrected chi connectivity index (χ4v) is 6.32. The zero-order valence-electron chi connectivity index (χ0n) is 20.3. The summed E-state index contributed by atoms with van der Waals surface area (Å²) >= 11 is 7.69. The van der Waals surface area contributed by atoms with Gasteiger partial charge in [-0.05, 0) is 43.7 Å². The van der Waals surface area contributed by atoms with Crippen molar-refractivity contribution in [2.75, 3.05) is 30.4 Å². The monoisotopic (exact) mass is 509 g/mol. The van der Waals surface area contributed by atoms with Crippen LogP contribution >= 0.6 is 22.9 Å². The van der Waals surface area contributed by atoms with Crippen LogP contribution in [0, 0.1) is 30.1 Å². The van der Waals surface area contributed by atoms with Crippen molar-refractivity contribution in [3.8, 4) is 11.8 Å². The number of benzene rings is 1. The number of aromatic nitrogens is 2. The molecule has 0 bridgehead atoms. The molecular weight excluding hydrogens is 482 g/mol. The Morgan fingerprint density at radius 3 is 2.83 bits per heavy atom. The molecule has 1 fully saturated rings. The van der Waals surface area contributed by atoms with Crippen molar-refractivity contribution in [1.82, 2.24) is 9.55 Å². The fraction of sp³-hybridized carbons (Fsp3) is 0.423. The number of allylic oxidation sites excluding steroid dienone is 2. The number of nitrogens with zero attached hydrogens (tertiary/aromatic N) is 4. The SMILES string of the molecule is COc1cc(Cl)ccc1N[C@@]1(CC2C=C2)CCN(c2c(C#N)c(=O)n(C)c3sc(C)nc23)C[C@@H]1C. The van der Waals surface area contributed by atoms with E-state index in [2.05, 4.69) is 35.4 Å². The maximum atomic E-state index is 13.0. The predicted molar refractivity (Wildman–Crippen MR) is 142 cm³/mol. The molecule has 9 heteroatoms. The molecule has 1 aromatic carbocycles. The van der Waals surface area contributed by atoms with E-state index in [4.69, 9.17) is 21.3 Å². The van der Waals surface area contributed by atoms with E-state index in [-0.39, 0.29) is 22.6 Å². The molecule has 7 nitrogen and oxygen atoms in total. The van der Waals surface area contributed by atoms with Crippen molar-refractivity contribution in [3.05, 3.63) is 56.3 Å². The van der Waals surface area contributed by atoms with Gasteiger partial charge in [0.1, 0.15) is 27.7 Å². The van der Waals surface area contributed by atoms with Crippen molar-refractivity contribution in [2.45, 2.75) is 32.2 Å². The zero-order valence-corrected chi connectivity index (χ0v) is 21.8. The molecule has 35 heavy (non-hydrogen) atoms. The number of piperidine rings is 1. The third-order valence-corrected chi connectivity index (χ3v) is 8.59. The van der Waals surface area contributed by atoms with Gasteiger partial charge in [-0.2, -0.15) is 5.26 Å². The molecule has 1 N–H and O–H groups in total. The van der Waals surface area contributed by atoms with Gasteiger partial charge in [-0.3, -0.25) is 4.79 Å². The largest absolute Gasteiger partial charge is 0.495 e. The van der Waals surface area contributed by atoms with Gasteiger partial charge in [-0.25, -0.2) is 4.98 Å². The summed E-state index contributed by atoms with van der Waals surface area (Å²) in [6, 6.07) is 7.84. The first-order valence-corrected chi connectivity index (χ1v) is 12.9. The highest BCUT2D eigenvalue weighted by molar-refractivity contribution is 7.18. The number of thiazole rings is 1. The molecule has 182 valence electrons. The summed E-state index contributed by atoms with van der Waals surface area (Å²) in [5, 5.41) is 15.3. The summed E-state index contributed by atoms with van der Waals surface area (Å²) in [4.78, 5) is 20.8. The number of anilines is 2. The van der Waals surface area contributed by atoms with Crippen molar-refractivity contribution < 1.29 is 4.74 Å². The van der Waals surface area contributed by atoms with E-state index in [0.717, 1.165) is 33.9 Å². The van der Waals surface area contributed by atoms with Gasteiger partial charge in [-0.15, -0.1) is 11.3 Å². The summed E-state index contributed by atoms with van der Waals surface area (Å²) in [7, 11) is 3.36. The quantitative estimate of drug-likeness (QED) is 0.465. The molecule has 0 unspecified atom stereocenters. The minimum absolute atomic E-state index is 0.168. The Bertz CT molecular complexity index is 1430. The standard InChI is InChI=1S/C26H28ClN5O2S/c1-15-14-32(23-19(13-28)24(33)31(3)25-22(23)29-16(2)35-25)10-9-26(15,12-17-5-6-17)30-20-8-7-18(27)11-21(20)34-4/h5-8,11,15,17,30H,9-10,12,14H2,1-4H3/t15-,26+/m0/s1. The lowest BCUT2D eigenvalue weighted by Gasteiger charge is -2.49. The van der Waals surface area contributed by atoms with Crippen molar-refractivity contribution in [1.29, 1.82) is 5.26 Å². The maximum Gasteiger partial charge on any atom is 0.271 e. The van der Waals surface area contributed by atoms with Gasteiger partial charge >= 0.3 is 0 Å². The van der Waals surface area contributed by atoms with Crippen LogP contribution in [0.4, 0.5) is 11.4 Å². The van der Waals surface area contributed by atoms with Crippen LogP contribution in [0.5, 0.6) is 5.75 Å². The summed E-state index contributed by atoms with van der Waals surface area (Å²) in [6.07, 6.45) is 6.28. The molecule has 2 aromatic heterocycles. The Labute approximate surface area is 213 Å². The van der Waals surface area contributed by atoms with Crippen LogP contribution in [0.2, 0.25) is 5.02 Å².